The number of pyridine rings is 1. The van der Waals surface area contributed by atoms with Crippen LogP contribution in [0.2, 0.25) is 5.02 Å². The van der Waals surface area contributed by atoms with Gasteiger partial charge in [0.15, 0.2) is 0 Å². The van der Waals surface area contributed by atoms with Crippen molar-refractivity contribution in [3.05, 3.63) is 29.0 Å². The molecule has 0 fully saturated rings. The van der Waals surface area contributed by atoms with Gasteiger partial charge in [-0.05, 0) is 18.6 Å². The van der Waals surface area contributed by atoms with Crippen LogP contribution in [0, 0.1) is 0 Å². The Labute approximate surface area is 70.2 Å². The molecule has 0 saturated heterocycles. The van der Waals surface area contributed by atoms with E-state index in [2.05, 4.69) is 4.98 Å². The summed E-state index contributed by atoms with van der Waals surface area (Å²) in [7, 11) is 0. The lowest BCUT2D eigenvalue weighted by Crippen LogP contribution is -1.89. The van der Waals surface area contributed by atoms with Gasteiger partial charge in [0.25, 0.3) is 0 Å². The third-order valence-electron chi connectivity index (χ3n) is 1.31. The van der Waals surface area contributed by atoms with E-state index < -0.39 is 0 Å². The Morgan fingerprint density at radius 2 is 2.36 bits per heavy atom. The number of halogens is 1. The van der Waals surface area contributed by atoms with E-state index in [1.807, 2.05) is 6.07 Å². The summed E-state index contributed by atoms with van der Waals surface area (Å²) in [4.78, 5) is 14.0. The van der Waals surface area contributed by atoms with E-state index >= 15 is 0 Å². The van der Waals surface area contributed by atoms with Gasteiger partial charge in [-0.2, -0.15) is 0 Å². The summed E-state index contributed by atoms with van der Waals surface area (Å²) in [6.45, 7) is 0. The van der Waals surface area contributed by atoms with Crippen LogP contribution in [-0.4, -0.2) is 11.3 Å². The van der Waals surface area contributed by atoms with Crippen molar-refractivity contribution in [2.45, 2.75) is 12.8 Å². The molecule has 0 saturated carbocycles. The van der Waals surface area contributed by atoms with Crippen molar-refractivity contribution >= 4 is 17.9 Å². The summed E-state index contributed by atoms with van der Waals surface area (Å²) >= 11 is 5.61. The van der Waals surface area contributed by atoms with Crippen LogP contribution in [-0.2, 0) is 11.2 Å². The largest absolute Gasteiger partial charge is 0.303 e. The molecule has 0 radical (unpaired) electrons. The maximum Gasteiger partial charge on any atom is 0.120 e. The number of aryl methyl sites for hydroxylation is 1. The molecule has 0 aliphatic rings. The summed E-state index contributed by atoms with van der Waals surface area (Å²) in [6, 6.07) is 3.60. The van der Waals surface area contributed by atoms with Crippen molar-refractivity contribution < 1.29 is 4.79 Å². The normalized spacial score (nSPS) is 9.55. The van der Waals surface area contributed by atoms with Gasteiger partial charge in [-0.25, -0.2) is 0 Å². The van der Waals surface area contributed by atoms with Crippen LogP contribution in [0.3, 0.4) is 0 Å². The standard InChI is InChI=1S/C8H8ClNO/c9-7-3-4-8(10-6-7)2-1-5-11/h3-6H,1-2H2. The number of hydrogen-bond donors (Lipinski definition) is 0. The second kappa shape index (κ2) is 4.09. The maximum absolute atomic E-state index is 9.99. The SMILES string of the molecule is O=CCCc1ccc(Cl)cn1. The zero-order valence-corrected chi connectivity index (χ0v) is 6.71. The van der Waals surface area contributed by atoms with Crippen LogP contribution in [0.1, 0.15) is 12.1 Å². The Morgan fingerprint density at radius 3 is 2.91 bits per heavy atom. The lowest BCUT2D eigenvalue weighted by molar-refractivity contribution is -0.107. The minimum atomic E-state index is 0.522. The molecular weight excluding hydrogens is 162 g/mol. The Morgan fingerprint density at radius 1 is 1.55 bits per heavy atom. The van der Waals surface area contributed by atoms with Crippen LogP contribution < -0.4 is 0 Å². The summed E-state index contributed by atoms with van der Waals surface area (Å²) in [6.07, 6.45) is 3.69. The van der Waals surface area contributed by atoms with Crippen LogP contribution in [0.15, 0.2) is 18.3 Å². The summed E-state index contributed by atoms with van der Waals surface area (Å²) in [5.74, 6) is 0. The molecule has 3 heteroatoms. The van der Waals surface area contributed by atoms with Gasteiger partial charge in [-0.1, -0.05) is 11.6 Å². The van der Waals surface area contributed by atoms with Crippen LogP contribution in [0.5, 0.6) is 0 Å². The Bertz CT molecular complexity index is 232. The Hall–Kier alpha value is -0.890. The number of nitrogens with zero attached hydrogens (tertiary/aromatic N) is 1. The van der Waals surface area contributed by atoms with E-state index in [-0.39, 0.29) is 0 Å². The number of aldehydes is 1. The van der Waals surface area contributed by atoms with Gasteiger partial charge in [0, 0.05) is 18.3 Å². The van der Waals surface area contributed by atoms with E-state index in [1.54, 1.807) is 12.3 Å². The first-order chi connectivity index (χ1) is 5.33. The molecule has 0 bridgehead atoms. The van der Waals surface area contributed by atoms with E-state index in [0.29, 0.717) is 17.9 Å². The van der Waals surface area contributed by atoms with E-state index in [4.69, 9.17) is 11.6 Å². The summed E-state index contributed by atoms with van der Waals surface area (Å²) in [5, 5.41) is 0.625. The van der Waals surface area contributed by atoms with E-state index in [0.717, 1.165) is 12.0 Å². The lowest BCUT2D eigenvalue weighted by atomic mass is 10.2. The minimum absolute atomic E-state index is 0.522. The smallest absolute Gasteiger partial charge is 0.120 e. The molecule has 1 rings (SSSR count). The second-order valence-electron chi connectivity index (χ2n) is 2.17. The first-order valence-corrected chi connectivity index (χ1v) is 3.75. The molecule has 0 aliphatic heterocycles. The maximum atomic E-state index is 9.99. The molecule has 0 atom stereocenters. The highest BCUT2D eigenvalue weighted by Crippen LogP contribution is 2.06. The zero-order chi connectivity index (χ0) is 8.10. The van der Waals surface area contributed by atoms with Gasteiger partial charge >= 0.3 is 0 Å². The van der Waals surface area contributed by atoms with Crippen LogP contribution >= 0.6 is 11.6 Å². The van der Waals surface area contributed by atoms with Crippen molar-refractivity contribution in [3.8, 4) is 0 Å². The quantitative estimate of drug-likeness (QED) is 0.647. The fourth-order valence-corrected chi connectivity index (χ4v) is 0.873. The van der Waals surface area contributed by atoms with Gasteiger partial charge < -0.3 is 4.79 Å². The van der Waals surface area contributed by atoms with E-state index in [9.17, 15) is 4.79 Å². The van der Waals surface area contributed by atoms with Gasteiger partial charge in [0.05, 0.1) is 5.02 Å². The van der Waals surface area contributed by atoms with Crippen molar-refractivity contribution in [1.29, 1.82) is 0 Å². The minimum Gasteiger partial charge on any atom is -0.303 e. The second-order valence-corrected chi connectivity index (χ2v) is 2.61. The van der Waals surface area contributed by atoms with Crippen LogP contribution in [0.25, 0.3) is 0 Å². The number of carbonyl (C=O) groups excluding carboxylic acids is 1. The molecule has 1 aromatic rings. The van der Waals surface area contributed by atoms with Gasteiger partial charge in [0.1, 0.15) is 6.29 Å². The molecule has 11 heavy (non-hydrogen) atoms. The van der Waals surface area contributed by atoms with Gasteiger partial charge in [-0.15, -0.1) is 0 Å². The molecule has 1 aromatic heterocycles. The third-order valence-corrected chi connectivity index (χ3v) is 1.53. The molecule has 0 amide bonds. The number of carbonyl (C=O) groups is 1. The molecule has 2 nitrogen and oxygen atoms in total. The van der Waals surface area contributed by atoms with E-state index in [1.165, 1.54) is 0 Å². The van der Waals surface area contributed by atoms with Crippen molar-refractivity contribution in [2.75, 3.05) is 0 Å². The summed E-state index contributed by atoms with van der Waals surface area (Å²) < 4.78 is 0. The van der Waals surface area contributed by atoms with Gasteiger partial charge in [0.2, 0.25) is 0 Å². The third kappa shape index (κ3) is 2.68. The topological polar surface area (TPSA) is 30.0 Å². The predicted molar refractivity (Wildman–Crippen MR) is 43.6 cm³/mol. The molecule has 0 aromatic carbocycles. The molecule has 0 N–H and O–H groups in total. The Balaban J connectivity index is 2.58. The lowest BCUT2D eigenvalue weighted by Gasteiger charge is -1.94. The molecule has 58 valence electrons. The van der Waals surface area contributed by atoms with Crippen molar-refractivity contribution in [1.82, 2.24) is 4.98 Å². The highest BCUT2D eigenvalue weighted by Gasteiger charge is 1.92. The van der Waals surface area contributed by atoms with Gasteiger partial charge in [-0.3, -0.25) is 4.98 Å². The molecule has 0 spiro atoms. The van der Waals surface area contributed by atoms with Crippen LogP contribution in [0.4, 0.5) is 0 Å². The average molecular weight is 170 g/mol. The first-order valence-electron chi connectivity index (χ1n) is 3.37. The van der Waals surface area contributed by atoms with Crippen molar-refractivity contribution in [3.63, 3.8) is 0 Å². The molecule has 0 aliphatic carbocycles. The highest BCUT2D eigenvalue weighted by atomic mass is 35.5. The summed E-state index contributed by atoms with van der Waals surface area (Å²) in [5.41, 5.74) is 0.904. The number of rotatable bonds is 3. The zero-order valence-electron chi connectivity index (χ0n) is 5.96. The molecule has 1 heterocycles. The van der Waals surface area contributed by atoms with Crippen molar-refractivity contribution in [2.24, 2.45) is 0 Å². The average Bonchev–Trinajstić information content (AvgIpc) is 2.04. The monoisotopic (exact) mass is 169 g/mol. The number of aromatic nitrogens is 1. The Kier molecular flexibility index (Phi) is 3.05. The first kappa shape index (κ1) is 8.21. The number of hydrogen-bond acceptors (Lipinski definition) is 2. The fraction of sp³-hybridized carbons (Fsp3) is 0.250. The predicted octanol–water partition coefficient (Wildman–Crippen LogP) is 1.87. The molecular formula is C8H8ClNO. The molecule has 0 unspecified atom stereocenters. The highest BCUT2D eigenvalue weighted by molar-refractivity contribution is 6.30. The fourth-order valence-electron chi connectivity index (χ4n) is 0.761.